The third-order valence-corrected chi connectivity index (χ3v) is 2.72. The van der Waals surface area contributed by atoms with E-state index < -0.39 is 6.10 Å². The molecule has 104 valence electrons. The lowest BCUT2D eigenvalue weighted by Gasteiger charge is -2.27. The average molecular weight is 256 g/mol. The Morgan fingerprint density at radius 3 is 2.50 bits per heavy atom. The van der Waals surface area contributed by atoms with Gasteiger partial charge >= 0.3 is 0 Å². The highest BCUT2D eigenvalue weighted by molar-refractivity contribution is 4.97. The molecule has 5 heteroatoms. The minimum Gasteiger partial charge on any atom is -0.393 e. The van der Waals surface area contributed by atoms with Crippen LogP contribution in [0.1, 0.15) is 58.9 Å². The van der Waals surface area contributed by atoms with Gasteiger partial charge in [-0.1, -0.05) is 32.9 Å². The van der Waals surface area contributed by atoms with Crippen LogP contribution in [0.4, 0.5) is 0 Å². The van der Waals surface area contributed by atoms with Gasteiger partial charge in [0.1, 0.15) is 6.10 Å². The molecular formula is C13H24N2O3. The van der Waals surface area contributed by atoms with E-state index >= 15 is 0 Å². The van der Waals surface area contributed by atoms with Crippen molar-refractivity contribution in [1.29, 1.82) is 0 Å². The second-order valence-corrected chi connectivity index (χ2v) is 5.51. The fourth-order valence-electron chi connectivity index (χ4n) is 1.68. The van der Waals surface area contributed by atoms with Crippen molar-refractivity contribution in [1.82, 2.24) is 10.1 Å². The summed E-state index contributed by atoms with van der Waals surface area (Å²) in [5.41, 5.74) is -0.0967. The third-order valence-electron chi connectivity index (χ3n) is 2.72. The lowest BCUT2D eigenvalue weighted by molar-refractivity contribution is -0.0203. The molecule has 0 saturated carbocycles. The number of rotatable bonds is 6. The van der Waals surface area contributed by atoms with Gasteiger partial charge < -0.3 is 14.4 Å². The first kappa shape index (κ1) is 15.1. The van der Waals surface area contributed by atoms with Gasteiger partial charge in [-0.05, 0) is 18.8 Å². The SMILES string of the molecule is CCOC(c1noc(CC(O)CC)n1)C(C)(C)C. The Balaban J connectivity index is 2.81. The zero-order valence-corrected chi connectivity index (χ0v) is 11.9. The predicted molar refractivity (Wildman–Crippen MR) is 68.1 cm³/mol. The average Bonchev–Trinajstić information content (AvgIpc) is 2.72. The molecule has 1 aromatic rings. The van der Waals surface area contributed by atoms with Crippen molar-refractivity contribution in [2.45, 2.75) is 59.7 Å². The van der Waals surface area contributed by atoms with Crippen molar-refractivity contribution in [3.63, 3.8) is 0 Å². The second kappa shape index (κ2) is 6.29. The van der Waals surface area contributed by atoms with Crippen LogP contribution in [0.15, 0.2) is 4.52 Å². The van der Waals surface area contributed by atoms with Gasteiger partial charge in [-0.25, -0.2) is 0 Å². The number of aromatic nitrogens is 2. The first-order valence-electron chi connectivity index (χ1n) is 6.50. The summed E-state index contributed by atoms with van der Waals surface area (Å²) in [5, 5.41) is 13.5. The van der Waals surface area contributed by atoms with E-state index in [1.165, 1.54) is 0 Å². The molecule has 1 aromatic heterocycles. The Kier molecular flexibility index (Phi) is 5.28. The summed E-state index contributed by atoms with van der Waals surface area (Å²) in [6.07, 6.45) is 0.440. The van der Waals surface area contributed by atoms with Gasteiger partial charge in [0.15, 0.2) is 0 Å². The maximum atomic E-state index is 9.56. The fourth-order valence-corrected chi connectivity index (χ4v) is 1.68. The summed E-state index contributed by atoms with van der Waals surface area (Å²) in [4.78, 5) is 4.32. The molecule has 2 atom stereocenters. The fraction of sp³-hybridized carbons (Fsp3) is 0.846. The zero-order valence-electron chi connectivity index (χ0n) is 11.9. The Morgan fingerprint density at radius 2 is 2.00 bits per heavy atom. The van der Waals surface area contributed by atoms with Gasteiger partial charge in [0, 0.05) is 6.61 Å². The maximum Gasteiger partial charge on any atom is 0.229 e. The molecule has 0 aliphatic rings. The number of aliphatic hydroxyl groups is 1. The molecule has 0 aromatic carbocycles. The van der Waals surface area contributed by atoms with E-state index in [0.29, 0.717) is 31.2 Å². The number of ether oxygens (including phenoxy) is 1. The molecule has 0 spiro atoms. The van der Waals surface area contributed by atoms with Crippen LogP contribution < -0.4 is 0 Å². The molecule has 0 amide bonds. The van der Waals surface area contributed by atoms with Crippen molar-refractivity contribution >= 4 is 0 Å². The maximum absolute atomic E-state index is 9.56. The number of nitrogens with zero attached hydrogens (tertiary/aromatic N) is 2. The van der Waals surface area contributed by atoms with Gasteiger partial charge in [-0.2, -0.15) is 4.98 Å². The van der Waals surface area contributed by atoms with Crippen LogP contribution in [0.5, 0.6) is 0 Å². The summed E-state index contributed by atoms with van der Waals surface area (Å²) in [5.74, 6) is 1.02. The summed E-state index contributed by atoms with van der Waals surface area (Å²) < 4.78 is 10.8. The highest BCUT2D eigenvalue weighted by Gasteiger charge is 2.31. The molecule has 0 bridgehead atoms. The van der Waals surface area contributed by atoms with E-state index in [0.717, 1.165) is 0 Å². The Hall–Kier alpha value is -0.940. The number of hydrogen-bond donors (Lipinski definition) is 1. The molecule has 0 aliphatic carbocycles. The van der Waals surface area contributed by atoms with Crippen LogP contribution in [-0.2, 0) is 11.2 Å². The molecule has 1 rings (SSSR count). The molecular weight excluding hydrogens is 232 g/mol. The first-order valence-corrected chi connectivity index (χ1v) is 6.50. The minimum absolute atomic E-state index is 0.0967. The van der Waals surface area contributed by atoms with Gasteiger partial charge in [-0.3, -0.25) is 0 Å². The van der Waals surface area contributed by atoms with Crippen LogP contribution in [0.2, 0.25) is 0 Å². The Labute approximate surface area is 109 Å². The van der Waals surface area contributed by atoms with Crippen LogP contribution >= 0.6 is 0 Å². The molecule has 0 aliphatic heterocycles. The molecule has 2 unspecified atom stereocenters. The topological polar surface area (TPSA) is 68.4 Å². The lowest BCUT2D eigenvalue weighted by Crippen LogP contribution is -2.22. The van der Waals surface area contributed by atoms with Gasteiger partial charge in [0.05, 0.1) is 12.5 Å². The Bertz CT molecular complexity index is 357. The summed E-state index contributed by atoms with van der Waals surface area (Å²) in [7, 11) is 0. The van der Waals surface area contributed by atoms with Crippen molar-refractivity contribution in [3.05, 3.63) is 11.7 Å². The van der Waals surface area contributed by atoms with E-state index in [-0.39, 0.29) is 11.5 Å². The normalized spacial score (nSPS) is 15.7. The third kappa shape index (κ3) is 4.07. The second-order valence-electron chi connectivity index (χ2n) is 5.51. The number of hydrogen-bond acceptors (Lipinski definition) is 5. The summed E-state index contributed by atoms with van der Waals surface area (Å²) in [6.45, 7) is 10.7. The molecule has 0 fully saturated rings. The van der Waals surface area contributed by atoms with E-state index in [9.17, 15) is 5.11 Å². The molecule has 18 heavy (non-hydrogen) atoms. The van der Waals surface area contributed by atoms with Gasteiger partial charge in [0.25, 0.3) is 0 Å². The molecule has 0 radical (unpaired) electrons. The quantitative estimate of drug-likeness (QED) is 0.847. The van der Waals surface area contributed by atoms with Crippen molar-refractivity contribution < 1.29 is 14.4 Å². The number of aliphatic hydroxyl groups excluding tert-OH is 1. The van der Waals surface area contributed by atoms with E-state index in [2.05, 4.69) is 30.9 Å². The van der Waals surface area contributed by atoms with Crippen LogP contribution in [0.25, 0.3) is 0 Å². The molecule has 1 N–H and O–H groups in total. The summed E-state index contributed by atoms with van der Waals surface area (Å²) in [6, 6.07) is 0. The highest BCUT2D eigenvalue weighted by atomic mass is 16.5. The minimum atomic E-state index is -0.432. The smallest absolute Gasteiger partial charge is 0.229 e. The van der Waals surface area contributed by atoms with E-state index in [1.807, 2.05) is 13.8 Å². The van der Waals surface area contributed by atoms with Crippen LogP contribution in [0, 0.1) is 5.41 Å². The van der Waals surface area contributed by atoms with E-state index in [1.54, 1.807) is 0 Å². The largest absolute Gasteiger partial charge is 0.393 e. The molecule has 5 nitrogen and oxygen atoms in total. The predicted octanol–water partition coefficient (Wildman–Crippen LogP) is 2.51. The van der Waals surface area contributed by atoms with E-state index in [4.69, 9.17) is 9.26 Å². The summed E-state index contributed by atoms with van der Waals surface area (Å²) >= 11 is 0. The van der Waals surface area contributed by atoms with Crippen molar-refractivity contribution in [2.75, 3.05) is 6.61 Å². The van der Waals surface area contributed by atoms with Crippen molar-refractivity contribution in [3.8, 4) is 0 Å². The van der Waals surface area contributed by atoms with Crippen LogP contribution in [-0.4, -0.2) is 28.0 Å². The standard InChI is InChI=1S/C13H24N2O3/c1-6-9(16)8-10-14-12(15-18-10)11(17-7-2)13(3,4)5/h9,11,16H,6-8H2,1-5H3. The van der Waals surface area contributed by atoms with Crippen LogP contribution in [0.3, 0.4) is 0 Å². The molecule has 1 heterocycles. The monoisotopic (exact) mass is 256 g/mol. The zero-order chi connectivity index (χ0) is 13.8. The van der Waals surface area contributed by atoms with Crippen molar-refractivity contribution in [2.24, 2.45) is 5.41 Å². The highest BCUT2D eigenvalue weighted by Crippen LogP contribution is 2.34. The van der Waals surface area contributed by atoms with Gasteiger partial charge in [-0.15, -0.1) is 0 Å². The first-order chi connectivity index (χ1) is 8.38. The lowest BCUT2D eigenvalue weighted by atomic mass is 9.88. The molecule has 0 saturated heterocycles. The Morgan fingerprint density at radius 1 is 1.33 bits per heavy atom. The van der Waals surface area contributed by atoms with Gasteiger partial charge in [0.2, 0.25) is 11.7 Å².